The maximum atomic E-state index is 6.12. The quantitative estimate of drug-likeness (QED) is 0.724. The zero-order valence-electron chi connectivity index (χ0n) is 10.8. The van der Waals surface area contributed by atoms with Gasteiger partial charge in [-0.25, -0.2) is 0 Å². The lowest BCUT2D eigenvalue weighted by atomic mass is 10.1. The molecule has 0 saturated carbocycles. The molecule has 2 aromatic carbocycles. The van der Waals surface area contributed by atoms with Crippen molar-refractivity contribution in [2.24, 2.45) is 0 Å². The molecular weight excluding hydrogens is 274 g/mol. The van der Waals surface area contributed by atoms with Crippen molar-refractivity contribution in [2.75, 3.05) is 5.73 Å². The summed E-state index contributed by atoms with van der Waals surface area (Å²) in [6, 6.07) is 13.0. The number of aromatic nitrogens is 2. The van der Waals surface area contributed by atoms with E-state index in [1.165, 1.54) is 0 Å². The maximum Gasteiger partial charge on any atom is 0.258 e. The van der Waals surface area contributed by atoms with Crippen molar-refractivity contribution >= 4 is 17.3 Å². The number of halogens is 1. The monoisotopic (exact) mass is 285 g/mol. The van der Waals surface area contributed by atoms with E-state index in [0.717, 1.165) is 16.7 Å². The molecule has 0 unspecified atom stereocenters. The van der Waals surface area contributed by atoms with Gasteiger partial charge >= 0.3 is 0 Å². The van der Waals surface area contributed by atoms with Gasteiger partial charge in [-0.3, -0.25) is 0 Å². The minimum atomic E-state index is 0.423. The summed E-state index contributed by atoms with van der Waals surface area (Å²) in [6.45, 7) is 1.95. The van der Waals surface area contributed by atoms with Gasteiger partial charge < -0.3 is 10.3 Å². The van der Waals surface area contributed by atoms with E-state index in [9.17, 15) is 0 Å². The summed E-state index contributed by atoms with van der Waals surface area (Å²) in [7, 11) is 0. The molecular formula is C15H12ClN3O. The molecule has 0 aliphatic rings. The van der Waals surface area contributed by atoms with E-state index in [0.29, 0.717) is 22.4 Å². The Kier molecular flexibility index (Phi) is 3.16. The minimum Gasteiger partial charge on any atom is -0.398 e. The second kappa shape index (κ2) is 4.98. The number of nitrogens with two attached hydrogens (primary N) is 1. The van der Waals surface area contributed by atoms with Gasteiger partial charge in [-0.15, -0.1) is 0 Å². The molecule has 20 heavy (non-hydrogen) atoms. The first-order chi connectivity index (χ1) is 9.65. The summed E-state index contributed by atoms with van der Waals surface area (Å²) in [4.78, 5) is 4.36. The molecule has 3 aromatic rings. The van der Waals surface area contributed by atoms with Gasteiger partial charge in [0.2, 0.25) is 5.82 Å². The van der Waals surface area contributed by atoms with Crippen molar-refractivity contribution in [2.45, 2.75) is 6.92 Å². The van der Waals surface area contributed by atoms with Crippen molar-refractivity contribution in [3.05, 3.63) is 53.1 Å². The molecule has 0 saturated heterocycles. The Morgan fingerprint density at radius 2 is 1.95 bits per heavy atom. The topological polar surface area (TPSA) is 64.9 Å². The van der Waals surface area contributed by atoms with Gasteiger partial charge in [0, 0.05) is 16.8 Å². The Morgan fingerprint density at radius 1 is 1.15 bits per heavy atom. The summed E-state index contributed by atoms with van der Waals surface area (Å²) in [6.07, 6.45) is 0. The van der Waals surface area contributed by atoms with Crippen LogP contribution in [0.3, 0.4) is 0 Å². The third kappa shape index (κ3) is 2.26. The Labute approximate surface area is 121 Å². The SMILES string of the molecule is Cc1ccc(-c2nc(-c3ccccc3Cl)no2)cc1N. The highest BCUT2D eigenvalue weighted by molar-refractivity contribution is 6.33. The molecule has 1 heterocycles. The zero-order chi connectivity index (χ0) is 14.1. The van der Waals surface area contributed by atoms with Gasteiger partial charge in [0.15, 0.2) is 0 Å². The molecule has 100 valence electrons. The fraction of sp³-hybridized carbons (Fsp3) is 0.0667. The van der Waals surface area contributed by atoms with E-state index in [1.807, 2.05) is 43.3 Å². The summed E-state index contributed by atoms with van der Waals surface area (Å²) >= 11 is 6.12. The molecule has 5 heteroatoms. The van der Waals surface area contributed by atoms with Crippen molar-refractivity contribution in [1.29, 1.82) is 0 Å². The molecule has 0 aliphatic carbocycles. The van der Waals surface area contributed by atoms with Crippen LogP contribution in [-0.2, 0) is 0 Å². The first kappa shape index (κ1) is 12.7. The second-order valence-corrected chi connectivity index (χ2v) is 4.88. The molecule has 3 rings (SSSR count). The molecule has 0 aliphatic heterocycles. The largest absolute Gasteiger partial charge is 0.398 e. The first-order valence-electron chi connectivity index (χ1n) is 6.10. The van der Waals surface area contributed by atoms with Crippen LogP contribution in [0.5, 0.6) is 0 Å². The number of aryl methyl sites for hydroxylation is 1. The Bertz CT molecular complexity index is 767. The van der Waals surface area contributed by atoms with Crippen LogP contribution in [0.1, 0.15) is 5.56 Å². The molecule has 0 bridgehead atoms. The Hall–Kier alpha value is -2.33. The van der Waals surface area contributed by atoms with E-state index in [2.05, 4.69) is 10.1 Å². The predicted molar refractivity (Wildman–Crippen MR) is 79.3 cm³/mol. The highest BCUT2D eigenvalue weighted by Gasteiger charge is 2.13. The first-order valence-corrected chi connectivity index (χ1v) is 6.48. The van der Waals surface area contributed by atoms with Crippen LogP contribution in [0.4, 0.5) is 5.69 Å². The molecule has 4 nitrogen and oxygen atoms in total. The summed E-state index contributed by atoms with van der Waals surface area (Å²) in [5.41, 5.74) is 9.13. The van der Waals surface area contributed by atoms with E-state index in [4.69, 9.17) is 21.9 Å². The van der Waals surface area contributed by atoms with Crippen molar-refractivity contribution in [3.63, 3.8) is 0 Å². The molecule has 0 amide bonds. The van der Waals surface area contributed by atoms with Gasteiger partial charge in [-0.1, -0.05) is 35.0 Å². The van der Waals surface area contributed by atoms with Gasteiger partial charge in [0.25, 0.3) is 5.89 Å². The lowest BCUT2D eigenvalue weighted by Crippen LogP contribution is -1.90. The summed E-state index contributed by atoms with van der Waals surface area (Å²) < 4.78 is 5.28. The number of benzene rings is 2. The highest BCUT2D eigenvalue weighted by atomic mass is 35.5. The van der Waals surface area contributed by atoms with Crippen LogP contribution in [0, 0.1) is 6.92 Å². The molecule has 0 spiro atoms. The molecule has 0 radical (unpaired) electrons. The van der Waals surface area contributed by atoms with Gasteiger partial charge in [-0.2, -0.15) is 4.98 Å². The second-order valence-electron chi connectivity index (χ2n) is 4.47. The van der Waals surface area contributed by atoms with Crippen LogP contribution in [-0.4, -0.2) is 10.1 Å². The van der Waals surface area contributed by atoms with E-state index >= 15 is 0 Å². The van der Waals surface area contributed by atoms with Crippen molar-refractivity contribution in [3.8, 4) is 22.8 Å². The number of anilines is 1. The molecule has 2 N–H and O–H groups in total. The normalized spacial score (nSPS) is 10.7. The summed E-state index contributed by atoms with van der Waals surface area (Å²) in [5, 5.41) is 4.55. The van der Waals surface area contributed by atoms with E-state index in [-0.39, 0.29) is 0 Å². The van der Waals surface area contributed by atoms with Crippen molar-refractivity contribution < 1.29 is 4.52 Å². The van der Waals surface area contributed by atoms with Crippen LogP contribution in [0.15, 0.2) is 47.0 Å². The average Bonchev–Trinajstić information content (AvgIpc) is 2.92. The lowest BCUT2D eigenvalue weighted by molar-refractivity contribution is 0.432. The predicted octanol–water partition coefficient (Wildman–Crippen LogP) is 3.95. The Balaban J connectivity index is 2.02. The van der Waals surface area contributed by atoms with Crippen LogP contribution in [0.25, 0.3) is 22.8 Å². The maximum absolute atomic E-state index is 6.12. The van der Waals surface area contributed by atoms with Gasteiger partial charge in [0.1, 0.15) is 0 Å². The average molecular weight is 286 g/mol. The number of hydrogen-bond donors (Lipinski definition) is 1. The lowest BCUT2D eigenvalue weighted by Gasteiger charge is -2.00. The smallest absolute Gasteiger partial charge is 0.258 e. The highest BCUT2D eigenvalue weighted by Crippen LogP contribution is 2.28. The number of nitrogens with zero attached hydrogens (tertiary/aromatic N) is 2. The standard InChI is InChI=1S/C15H12ClN3O/c1-9-6-7-10(8-13(9)17)15-18-14(19-20-15)11-4-2-3-5-12(11)16/h2-8H,17H2,1H3. The summed E-state index contributed by atoms with van der Waals surface area (Å²) in [5.74, 6) is 0.886. The zero-order valence-corrected chi connectivity index (χ0v) is 11.6. The Morgan fingerprint density at radius 3 is 2.70 bits per heavy atom. The van der Waals surface area contributed by atoms with E-state index < -0.39 is 0 Å². The molecule has 0 fully saturated rings. The fourth-order valence-electron chi connectivity index (χ4n) is 1.87. The van der Waals surface area contributed by atoms with Crippen molar-refractivity contribution in [1.82, 2.24) is 10.1 Å². The minimum absolute atomic E-state index is 0.423. The van der Waals surface area contributed by atoms with E-state index in [1.54, 1.807) is 6.07 Å². The molecule has 1 aromatic heterocycles. The number of hydrogen-bond acceptors (Lipinski definition) is 4. The van der Waals surface area contributed by atoms with Crippen LogP contribution in [0.2, 0.25) is 5.02 Å². The van der Waals surface area contributed by atoms with Gasteiger partial charge in [-0.05, 0) is 36.8 Å². The number of rotatable bonds is 2. The van der Waals surface area contributed by atoms with Crippen LogP contribution >= 0.6 is 11.6 Å². The molecule has 0 atom stereocenters. The van der Waals surface area contributed by atoms with Gasteiger partial charge in [0.05, 0.1) is 5.02 Å². The number of nitrogen functional groups attached to an aromatic ring is 1. The third-order valence-corrected chi connectivity index (χ3v) is 3.40. The third-order valence-electron chi connectivity index (χ3n) is 3.07. The van der Waals surface area contributed by atoms with Crippen LogP contribution < -0.4 is 5.73 Å². The fourth-order valence-corrected chi connectivity index (χ4v) is 2.09.